The summed E-state index contributed by atoms with van der Waals surface area (Å²) in [7, 11) is 1.65. The monoisotopic (exact) mass is 173 g/mol. The van der Waals surface area contributed by atoms with Crippen molar-refractivity contribution in [3.63, 3.8) is 0 Å². The summed E-state index contributed by atoms with van der Waals surface area (Å²) in [6.07, 6.45) is -0.126. The number of nitrogens with zero attached hydrogens (tertiary/aromatic N) is 2. The van der Waals surface area contributed by atoms with Crippen LogP contribution in [0, 0.1) is 0 Å². The quantitative estimate of drug-likeness (QED) is 0.379. The predicted molar refractivity (Wildman–Crippen MR) is 45.9 cm³/mol. The molecule has 0 aromatic rings. The minimum atomic E-state index is -0.126. The number of ether oxygens (including phenoxy) is 1. The Morgan fingerprint density at radius 1 is 1.83 bits per heavy atom. The molecule has 12 heavy (non-hydrogen) atoms. The van der Waals surface area contributed by atoms with Crippen molar-refractivity contribution < 1.29 is 9.84 Å². The van der Waals surface area contributed by atoms with Crippen LogP contribution in [-0.4, -0.2) is 55.4 Å². The Bertz CT molecular complexity index is 172. The van der Waals surface area contributed by atoms with Crippen LogP contribution in [0.1, 0.15) is 0 Å². The number of nitrogens with two attached hydrogens (primary N) is 1. The second-order valence-electron chi connectivity index (χ2n) is 2.70. The van der Waals surface area contributed by atoms with Crippen molar-refractivity contribution in [1.82, 2.24) is 4.90 Å². The van der Waals surface area contributed by atoms with Gasteiger partial charge >= 0.3 is 0 Å². The van der Waals surface area contributed by atoms with Crippen LogP contribution in [0.25, 0.3) is 0 Å². The molecule has 0 aromatic heterocycles. The Balaban J connectivity index is 2.45. The minimum absolute atomic E-state index is 0.0352. The zero-order chi connectivity index (χ0) is 8.97. The molecule has 0 amide bonds. The van der Waals surface area contributed by atoms with E-state index in [1.54, 1.807) is 7.05 Å². The summed E-state index contributed by atoms with van der Waals surface area (Å²) in [5.41, 5.74) is 5.60. The first kappa shape index (κ1) is 9.28. The van der Waals surface area contributed by atoms with Crippen molar-refractivity contribution in [2.24, 2.45) is 10.7 Å². The van der Waals surface area contributed by atoms with E-state index >= 15 is 0 Å². The maximum atomic E-state index is 8.83. The molecule has 0 radical (unpaired) electrons. The van der Waals surface area contributed by atoms with Crippen molar-refractivity contribution in [2.75, 3.05) is 33.4 Å². The molecule has 1 fully saturated rings. The predicted octanol–water partition coefficient (Wildman–Crippen LogP) is -1.38. The molecule has 1 aliphatic heterocycles. The zero-order valence-corrected chi connectivity index (χ0v) is 7.23. The molecule has 1 unspecified atom stereocenters. The van der Waals surface area contributed by atoms with Gasteiger partial charge in [-0.2, -0.15) is 0 Å². The van der Waals surface area contributed by atoms with Gasteiger partial charge in [0.25, 0.3) is 0 Å². The molecule has 0 saturated carbocycles. The summed E-state index contributed by atoms with van der Waals surface area (Å²) in [5.74, 6) is 0.511. The van der Waals surface area contributed by atoms with Crippen LogP contribution in [0.4, 0.5) is 0 Å². The van der Waals surface area contributed by atoms with Crippen molar-refractivity contribution in [3.8, 4) is 0 Å². The van der Waals surface area contributed by atoms with E-state index in [2.05, 4.69) is 4.99 Å². The molecule has 1 saturated heterocycles. The molecule has 3 N–H and O–H groups in total. The van der Waals surface area contributed by atoms with Gasteiger partial charge in [-0.3, -0.25) is 4.99 Å². The third kappa shape index (κ3) is 2.09. The van der Waals surface area contributed by atoms with Crippen LogP contribution in [0.15, 0.2) is 4.99 Å². The van der Waals surface area contributed by atoms with Crippen LogP contribution in [0.3, 0.4) is 0 Å². The molecule has 1 aliphatic rings. The number of hydrogen-bond acceptors (Lipinski definition) is 3. The maximum absolute atomic E-state index is 8.83. The molecular formula is C7H15N3O2. The number of rotatable bonds is 1. The zero-order valence-electron chi connectivity index (χ0n) is 7.23. The second kappa shape index (κ2) is 4.27. The van der Waals surface area contributed by atoms with Gasteiger partial charge < -0.3 is 20.5 Å². The van der Waals surface area contributed by atoms with E-state index in [0.717, 1.165) is 6.54 Å². The standard InChI is InChI=1S/C7H15N3O2/c1-9-7(8)10-2-3-12-6(4-10)5-11/h6,11H,2-5H2,1H3,(H2,8,9). The Labute approximate surface area is 71.8 Å². The molecule has 0 spiro atoms. The van der Waals surface area contributed by atoms with Crippen molar-refractivity contribution >= 4 is 5.96 Å². The van der Waals surface area contributed by atoms with Crippen LogP contribution in [-0.2, 0) is 4.74 Å². The first-order valence-corrected chi connectivity index (χ1v) is 3.97. The molecule has 5 nitrogen and oxygen atoms in total. The molecule has 1 rings (SSSR count). The van der Waals surface area contributed by atoms with Gasteiger partial charge in [0, 0.05) is 20.1 Å². The van der Waals surface area contributed by atoms with Gasteiger partial charge in [0.1, 0.15) is 0 Å². The highest BCUT2D eigenvalue weighted by atomic mass is 16.5. The lowest BCUT2D eigenvalue weighted by molar-refractivity contribution is -0.0343. The van der Waals surface area contributed by atoms with Crippen LogP contribution < -0.4 is 5.73 Å². The number of aliphatic imine (C=N–C) groups is 1. The average Bonchev–Trinajstić information content (AvgIpc) is 2.17. The third-order valence-electron chi connectivity index (χ3n) is 1.90. The molecule has 0 aromatic carbocycles. The molecule has 70 valence electrons. The Morgan fingerprint density at radius 2 is 2.58 bits per heavy atom. The van der Waals surface area contributed by atoms with Crippen molar-refractivity contribution in [1.29, 1.82) is 0 Å². The van der Waals surface area contributed by atoms with E-state index < -0.39 is 0 Å². The van der Waals surface area contributed by atoms with E-state index in [0.29, 0.717) is 19.1 Å². The first-order valence-electron chi connectivity index (χ1n) is 3.97. The molecule has 5 heteroatoms. The summed E-state index contributed by atoms with van der Waals surface area (Å²) in [6, 6.07) is 0. The van der Waals surface area contributed by atoms with Gasteiger partial charge in [-0.15, -0.1) is 0 Å². The largest absolute Gasteiger partial charge is 0.394 e. The van der Waals surface area contributed by atoms with Gasteiger partial charge in [0.05, 0.1) is 19.3 Å². The number of morpholine rings is 1. The summed E-state index contributed by atoms with van der Waals surface area (Å²) < 4.78 is 5.25. The molecule has 0 bridgehead atoms. The van der Waals surface area contributed by atoms with E-state index in [1.807, 2.05) is 4.90 Å². The van der Waals surface area contributed by atoms with E-state index in [1.165, 1.54) is 0 Å². The lowest BCUT2D eigenvalue weighted by Gasteiger charge is -2.32. The van der Waals surface area contributed by atoms with Gasteiger partial charge in [-0.1, -0.05) is 0 Å². The highest BCUT2D eigenvalue weighted by Gasteiger charge is 2.20. The smallest absolute Gasteiger partial charge is 0.191 e. The fourth-order valence-corrected chi connectivity index (χ4v) is 1.18. The third-order valence-corrected chi connectivity index (χ3v) is 1.90. The Hall–Kier alpha value is -0.810. The topological polar surface area (TPSA) is 71.1 Å². The lowest BCUT2D eigenvalue weighted by Crippen LogP contribution is -2.49. The fourth-order valence-electron chi connectivity index (χ4n) is 1.18. The summed E-state index contributed by atoms with van der Waals surface area (Å²) in [6.45, 7) is 2.01. The molecular weight excluding hydrogens is 158 g/mol. The Kier molecular flexibility index (Phi) is 3.31. The average molecular weight is 173 g/mol. The van der Waals surface area contributed by atoms with E-state index in [9.17, 15) is 0 Å². The van der Waals surface area contributed by atoms with Crippen LogP contribution in [0.5, 0.6) is 0 Å². The number of guanidine groups is 1. The van der Waals surface area contributed by atoms with Crippen molar-refractivity contribution in [3.05, 3.63) is 0 Å². The highest BCUT2D eigenvalue weighted by molar-refractivity contribution is 5.78. The fraction of sp³-hybridized carbons (Fsp3) is 0.857. The highest BCUT2D eigenvalue weighted by Crippen LogP contribution is 2.03. The van der Waals surface area contributed by atoms with Crippen molar-refractivity contribution in [2.45, 2.75) is 6.10 Å². The van der Waals surface area contributed by atoms with E-state index in [-0.39, 0.29) is 12.7 Å². The number of aliphatic hydroxyl groups excluding tert-OH is 1. The maximum Gasteiger partial charge on any atom is 0.191 e. The minimum Gasteiger partial charge on any atom is -0.394 e. The molecule has 1 heterocycles. The number of hydrogen-bond donors (Lipinski definition) is 2. The Morgan fingerprint density at radius 3 is 3.17 bits per heavy atom. The van der Waals surface area contributed by atoms with Crippen LogP contribution >= 0.6 is 0 Å². The van der Waals surface area contributed by atoms with Gasteiger partial charge in [0.15, 0.2) is 5.96 Å². The number of aliphatic hydroxyl groups is 1. The molecule has 1 atom stereocenters. The van der Waals surface area contributed by atoms with Gasteiger partial charge in [-0.25, -0.2) is 0 Å². The van der Waals surface area contributed by atoms with Crippen LogP contribution in [0.2, 0.25) is 0 Å². The lowest BCUT2D eigenvalue weighted by atomic mass is 10.3. The second-order valence-corrected chi connectivity index (χ2v) is 2.70. The normalized spacial score (nSPS) is 26.0. The summed E-state index contributed by atoms with van der Waals surface area (Å²) in [5, 5.41) is 8.83. The van der Waals surface area contributed by atoms with Gasteiger partial charge in [0.2, 0.25) is 0 Å². The molecule has 0 aliphatic carbocycles. The van der Waals surface area contributed by atoms with E-state index in [4.69, 9.17) is 15.6 Å². The van der Waals surface area contributed by atoms with Gasteiger partial charge in [-0.05, 0) is 0 Å². The summed E-state index contributed by atoms with van der Waals surface area (Å²) in [4.78, 5) is 5.77. The first-order chi connectivity index (χ1) is 5.77. The summed E-state index contributed by atoms with van der Waals surface area (Å²) >= 11 is 0. The SMILES string of the molecule is CN=C(N)N1CCOC(CO)C1.